The summed E-state index contributed by atoms with van der Waals surface area (Å²) in [6.45, 7) is 0.278. The fourth-order valence-corrected chi connectivity index (χ4v) is 2.87. The first-order chi connectivity index (χ1) is 14.5. The normalized spacial score (nSPS) is 11.4. The summed E-state index contributed by atoms with van der Waals surface area (Å²) in [6.07, 6.45) is 7.89. The van der Waals surface area contributed by atoms with Crippen LogP contribution in [0, 0.1) is 0 Å². The van der Waals surface area contributed by atoms with Crippen molar-refractivity contribution in [1.82, 2.24) is 9.78 Å². The van der Waals surface area contributed by atoms with Crippen molar-refractivity contribution in [3.8, 4) is 17.2 Å². The highest BCUT2D eigenvalue weighted by atomic mass is 16.5. The summed E-state index contributed by atoms with van der Waals surface area (Å²) < 4.78 is 6.80. The molecule has 0 amide bonds. The third-order valence-corrected chi connectivity index (χ3v) is 4.42. The van der Waals surface area contributed by atoms with Crippen LogP contribution in [0.4, 0.5) is 0 Å². The number of hydrogen-bond acceptors (Lipinski definition) is 6. The zero-order chi connectivity index (χ0) is 21.5. The van der Waals surface area contributed by atoms with Gasteiger partial charge in [-0.25, -0.2) is 0 Å². The molecule has 3 aromatic rings. The maximum absolute atomic E-state index is 11.0. The van der Waals surface area contributed by atoms with Crippen LogP contribution < -0.4 is 4.74 Å². The lowest BCUT2D eigenvalue weighted by Gasteiger charge is -2.04. The van der Waals surface area contributed by atoms with E-state index in [2.05, 4.69) is 5.10 Å². The molecule has 0 aliphatic carbocycles. The lowest BCUT2D eigenvalue weighted by Crippen LogP contribution is -2.05. The standard InChI is InChI=1S/C23H22N2O5/c1-30-23-13-17(5-9-22(23)29)3-7-20-14-19(24-25(20)10-11-26)6-2-16-4-8-21(28)18(12-16)15-27/h2-9,12-15,26,28-29H,10-11H2,1H3/b6-2+,7-3+. The molecule has 0 saturated heterocycles. The quantitative estimate of drug-likeness (QED) is 0.495. The van der Waals surface area contributed by atoms with Crippen molar-refractivity contribution >= 4 is 30.6 Å². The van der Waals surface area contributed by atoms with Gasteiger partial charge in [0, 0.05) is 0 Å². The number of carbonyl (C=O) groups excluding carboxylic acids is 1. The Bertz CT molecular complexity index is 1100. The molecule has 0 aliphatic rings. The number of carbonyl (C=O) groups is 1. The van der Waals surface area contributed by atoms with Crippen LogP contribution in [0.3, 0.4) is 0 Å². The Hall–Kier alpha value is -3.84. The van der Waals surface area contributed by atoms with Gasteiger partial charge in [-0.2, -0.15) is 5.10 Å². The summed E-state index contributed by atoms with van der Waals surface area (Å²) in [5.74, 6) is 0.389. The highest BCUT2D eigenvalue weighted by Gasteiger charge is 2.05. The second kappa shape index (κ2) is 9.58. The Balaban J connectivity index is 1.85. The van der Waals surface area contributed by atoms with Gasteiger partial charge in [-0.05, 0) is 53.6 Å². The third-order valence-electron chi connectivity index (χ3n) is 4.42. The van der Waals surface area contributed by atoms with Gasteiger partial charge in [-0.3, -0.25) is 9.48 Å². The average Bonchev–Trinajstić information content (AvgIpc) is 3.14. The van der Waals surface area contributed by atoms with E-state index >= 15 is 0 Å². The summed E-state index contributed by atoms with van der Waals surface area (Å²) in [5.41, 5.74) is 3.27. The smallest absolute Gasteiger partial charge is 0.161 e. The maximum Gasteiger partial charge on any atom is 0.161 e. The number of aliphatic hydroxyl groups excluding tert-OH is 1. The van der Waals surface area contributed by atoms with Gasteiger partial charge in [0.15, 0.2) is 17.8 Å². The van der Waals surface area contributed by atoms with Crippen LogP contribution in [-0.4, -0.2) is 45.1 Å². The monoisotopic (exact) mass is 406 g/mol. The van der Waals surface area contributed by atoms with Crippen molar-refractivity contribution in [3.05, 3.63) is 70.5 Å². The minimum absolute atomic E-state index is 0.0562. The highest BCUT2D eigenvalue weighted by Crippen LogP contribution is 2.27. The molecule has 154 valence electrons. The fraction of sp³-hybridized carbons (Fsp3) is 0.130. The molecule has 1 aromatic heterocycles. The van der Waals surface area contributed by atoms with Crippen LogP contribution in [0.15, 0.2) is 42.5 Å². The molecule has 0 fully saturated rings. The van der Waals surface area contributed by atoms with Gasteiger partial charge >= 0.3 is 0 Å². The number of benzene rings is 2. The van der Waals surface area contributed by atoms with E-state index in [0.717, 1.165) is 16.8 Å². The van der Waals surface area contributed by atoms with Gasteiger partial charge in [0.1, 0.15) is 5.75 Å². The van der Waals surface area contributed by atoms with E-state index in [-0.39, 0.29) is 23.7 Å². The summed E-state index contributed by atoms with van der Waals surface area (Å²) >= 11 is 0. The largest absolute Gasteiger partial charge is 0.507 e. The van der Waals surface area contributed by atoms with Crippen molar-refractivity contribution in [2.24, 2.45) is 0 Å². The summed E-state index contributed by atoms with van der Waals surface area (Å²) in [4.78, 5) is 11.0. The number of aromatic nitrogens is 2. The molecule has 7 heteroatoms. The molecule has 30 heavy (non-hydrogen) atoms. The Kier molecular flexibility index (Phi) is 6.67. The molecule has 0 unspecified atom stereocenters. The number of rotatable bonds is 8. The first-order valence-electron chi connectivity index (χ1n) is 9.24. The van der Waals surface area contributed by atoms with Crippen molar-refractivity contribution in [2.75, 3.05) is 13.7 Å². The van der Waals surface area contributed by atoms with Gasteiger partial charge in [0.05, 0.1) is 37.2 Å². The van der Waals surface area contributed by atoms with E-state index in [0.29, 0.717) is 24.3 Å². The molecule has 7 nitrogen and oxygen atoms in total. The number of aromatic hydroxyl groups is 2. The van der Waals surface area contributed by atoms with Crippen LogP contribution in [-0.2, 0) is 6.54 Å². The summed E-state index contributed by atoms with van der Waals surface area (Å²) in [7, 11) is 1.49. The molecule has 0 radical (unpaired) electrons. The van der Waals surface area contributed by atoms with Crippen LogP contribution in [0.2, 0.25) is 0 Å². The number of methoxy groups -OCH3 is 1. The molecular weight excluding hydrogens is 384 g/mol. The number of phenolic OH excluding ortho intramolecular Hbond substituents is 2. The number of aldehydes is 1. The third kappa shape index (κ3) is 4.95. The average molecular weight is 406 g/mol. The molecule has 0 spiro atoms. The molecule has 1 heterocycles. The zero-order valence-electron chi connectivity index (χ0n) is 16.4. The Morgan fingerprint density at radius 3 is 2.37 bits per heavy atom. The maximum atomic E-state index is 11.0. The van der Waals surface area contributed by atoms with E-state index < -0.39 is 0 Å². The second-order valence-corrected chi connectivity index (χ2v) is 6.47. The van der Waals surface area contributed by atoms with Crippen LogP contribution in [0.1, 0.15) is 32.9 Å². The molecule has 0 atom stereocenters. The number of nitrogens with zero attached hydrogens (tertiary/aromatic N) is 2. The van der Waals surface area contributed by atoms with E-state index in [4.69, 9.17) is 4.74 Å². The topological polar surface area (TPSA) is 105 Å². The lowest BCUT2D eigenvalue weighted by molar-refractivity contribution is 0.112. The Morgan fingerprint density at radius 1 is 0.967 bits per heavy atom. The van der Waals surface area contributed by atoms with Crippen molar-refractivity contribution < 1.29 is 24.9 Å². The van der Waals surface area contributed by atoms with Gasteiger partial charge in [0.25, 0.3) is 0 Å². The van der Waals surface area contributed by atoms with Crippen molar-refractivity contribution in [3.63, 3.8) is 0 Å². The molecular formula is C23H22N2O5. The predicted molar refractivity (Wildman–Crippen MR) is 115 cm³/mol. The van der Waals surface area contributed by atoms with Gasteiger partial charge in [0.2, 0.25) is 0 Å². The molecule has 3 rings (SSSR count). The van der Waals surface area contributed by atoms with Gasteiger partial charge < -0.3 is 20.1 Å². The van der Waals surface area contributed by atoms with Crippen molar-refractivity contribution in [2.45, 2.75) is 6.54 Å². The molecule has 3 N–H and O–H groups in total. The number of aliphatic hydroxyl groups is 1. The summed E-state index contributed by atoms with van der Waals surface area (Å²) in [6, 6.07) is 11.6. The van der Waals surface area contributed by atoms with Crippen LogP contribution in [0.5, 0.6) is 17.2 Å². The molecule has 2 aromatic carbocycles. The Morgan fingerprint density at radius 2 is 1.67 bits per heavy atom. The Labute approximate surface area is 173 Å². The minimum Gasteiger partial charge on any atom is -0.507 e. The van der Waals surface area contributed by atoms with Gasteiger partial charge in [-0.15, -0.1) is 0 Å². The first kappa shape index (κ1) is 20.9. The minimum atomic E-state index is -0.0624. The second-order valence-electron chi connectivity index (χ2n) is 6.47. The van der Waals surface area contributed by atoms with E-state index in [1.165, 1.54) is 13.2 Å². The van der Waals surface area contributed by atoms with E-state index in [1.807, 2.05) is 18.2 Å². The van der Waals surface area contributed by atoms with Gasteiger partial charge in [-0.1, -0.05) is 24.3 Å². The molecule has 0 saturated carbocycles. The van der Waals surface area contributed by atoms with E-state index in [1.54, 1.807) is 47.2 Å². The fourth-order valence-electron chi connectivity index (χ4n) is 2.87. The lowest BCUT2D eigenvalue weighted by atomic mass is 10.1. The summed E-state index contributed by atoms with van der Waals surface area (Å²) in [5, 5.41) is 33.1. The molecule has 0 bridgehead atoms. The number of phenols is 2. The van der Waals surface area contributed by atoms with Crippen LogP contribution in [0.25, 0.3) is 24.3 Å². The molecule has 0 aliphatic heterocycles. The number of ether oxygens (including phenoxy) is 1. The highest BCUT2D eigenvalue weighted by molar-refractivity contribution is 5.82. The van der Waals surface area contributed by atoms with E-state index in [9.17, 15) is 20.1 Å². The predicted octanol–water partition coefficient (Wildman–Crippen LogP) is 3.45. The number of hydrogen-bond donors (Lipinski definition) is 3. The zero-order valence-corrected chi connectivity index (χ0v) is 16.4. The first-order valence-corrected chi connectivity index (χ1v) is 9.24. The SMILES string of the molecule is COc1cc(/C=C/c2cc(/C=C/c3ccc(O)c(C=O)c3)nn2CCO)ccc1O. The van der Waals surface area contributed by atoms with Crippen LogP contribution >= 0.6 is 0 Å². The van der Waals surface area contributed by atoms with Crippen molar-refractivity contribution in [1.29, 1.82) is 0 Å².